The molecule has 0 bridgehead atoms. The van der Waals surface area contributed by atoms with E-state index in [-0.39, 0.29) is 0 Å². The highest BCUT2D eigenvalue weighted by atomic mass is 32.1. The summed E-state index contributed by atoms with van der Waals surface area (Å²) in [6.45, 7) is 0. The number of benzene rings is 1. The zero-order valence-corrected chi connectivity index (χ0v) is 13.4. The second-order valence-corrected chi connectivity index (χ2v) is 6.45. The van der Waals surface area contributed by atoms with Crippen molar-refractivity contribution in [2.45, 2.75) is 0 Å². The third kappa shape index (κ3) is 2.24. The summed E-state index contributed by atoms with van der Waals surface area (Å²) >= 11 is 3.15. The van der Waals surface area contributed by atoms with Gasteiger partial charge in [-0.05, 0) is 16.5 Å². The van der Waals surface area contributed by atoms with Crippen molar-refractivity contribution in [1.82, 2.24) is 9.38 Å². The average molecular weight is 326 g/mol. The molecule has 0 unspecified atom stereocenters. The van der Waals surface area contributed by atoms with Crippen LogP contribution in [0.25, 0.3) is 16.2 Å². The van der Waals surface area contributed by atoms with Gasteiger partial charge in [-0.3, -0.25) is 4.40 Å². The molecule has 4 rings (SSSR count). The van der Waals surface area contributed by atoms with E-state index in [4.69, 9.17) is 0 Å². The van der Waals surface area contributed by atoms with Crippen molar-refractivity contribution in [2.24, 2.45) is 17.3 Å². The van der Waals surface area contributed by atoms with E-state index in [1.807, 2.05) is 69.5 Å². The van der Waals surface area contributed by atoms with Crippen LogP contribution in [0.1, 0.15) is 0 Å². The van der Waals surface area contributed by atoms with E-state index in [2.05, 4.69) is 15.2 Å². The second kappa shape index (κ2) is 5.43. The molecule has 0 N–H and O–H groups in total. The van der Waals surface area contributed by atoms with Gasteiger partial charge in [0, 0.05) is 22.5 Å². The van der Waals surface area contributed by atoms with Crippen molar-refractivity contribution in [3.63, 3.8) is 0 Å². The normalized spacial score (nSPS) is 11.7. The molecule has 3 aromatic heterocycles. The molecule has 22 heavy (non-hydrogen) atoms. The highest BCUT2D eigenvalue weighted by molar-refractivity contribution is 7.15. The molecule has 3 heterocycles. The number of thiazole rings is 2. The first kappa shape index (κ1) is 13.3. The number of imidazole rings is 1. The van der Waals surface area contributed by atoms with Crippen molar-refractivity contribution >= 4 is 38.6 Å². The minimum absolute atomic E-state index is 0.760. The fourth-order valence-corrected chi connectivity index (χ4v) is 3.56. The number of aryl methyl sites for hydroxylation is 1. The largest absolute Gasteiger partial charge is 0.408 e. The fourth-order valence-electron chi connectivity index (χ4n) is 2.17. The van der Waals surface area contributed by atoms with Crippen LogP contribution in [0.15, 0.2) is 63.7 Å². The molecule has 108 valence electrons. The molecule has 0 radical (unpaired) electrons. The number of aromatic nitrogens is 3. The monoisotopic (exact) mass is 326 g/mol. The highest BCUT2D eigenvalue weighted by Gasteiger charge is 2.17. The minimum atomic E-state index is 0.760. The first-order chi connectivity index (χ1) is 10.8. The molecular formula is C15H12N5S2+. The van der Waals surface area contributed by atoms with Crippen molar-refractivity contribution in [3.8, 4) is 11.3 Å². The van der Waals surface area contributed by atoms with Gasteiger partial charge in [-0.15, -0.1) is 11.3 Å². The lowest BCUT2D eigenvalue weighted by molar-refractivity contribution is -0.654. The maximum absolute atomic E-state index is 4.69. The van der Waals surface area contributed by atoms with Crippen LogP contribution in [0.5, 0.6) is 0 Å². The quantitative estimate of drug-likeness (QED) is 0.407. The van der Waals surface area contributed by atoms with Crippen molar-refractivity contribution in [2.75, 3.05) is 0 Å². The Morgan fingerprint density at radius 2 is 1.95 bits per heavy atom. The fraction of sp³-hybridized carbons (Fsp3) is 0.0667. The van der Waals surface area contributed by atoms with Gasteiger partial charge in [0.25, 0.3) is 0 Å². The van der Waals surface area contributed by atoms with Gasteiger partial charge < -0.3 is 0 Å². The van der Waals surface area contributed by atoms with Crippen LogP contribution in [0.4, 0.5) is 10.9 Å². The maximum Gasteiger partial charge on any atom is 0.408 e. The molecule has 0 fully saturated rings. The third-order valence-corrected chi connectivity index (χ3v) is 4.87. The van der Waals surface area contributed by atoms with Gasteiger partial charge in [0.1, 0.15) is 11.9 Å². The van der Waals surface area contributed by atoms with Crippen LogP contribution in [0.3, 0.4) is 0 Å². The Balaban J connectivity index is 1.86. The number of nitrogens with zero attached hydrogens (tertiary/aromatic N) is 5. The molecule has 1 aromatic carbocycles. The predicted molar refractivity (Wildman–Crippen MR) is 88.2 cm³/mol. The third-order valence-electron chi connectivity index (χ3n) is 3.27. The smallest absolute Gasteiger partial charge is 0.271 e. The Hall–Kier alpha value is -2.38. The number of azo groups is 1. The molecule has 0 saturated heterocycles. The predicted octanol–water partition coefficient (Wildman–Crippen LogP) is 4.36. The Morgan fingerprint density at radius 3 is 2.73 bits per heavy atom. The van der Waals surface area contributed by atoms with Gasteiger partial charge in [0.15, 0.2) is 4.96 Å². The SMILES string of the molecule is C[n+]1ccsc1/N=N/c1c(-c2ccccc2)nc2sccn12. The van der Waals surface area contributed by atoms with E-state index >= 15 is 0 Å². The number of hydrogen-bond donors (Lipinski definition) is 0. The molecule has 5 nitrogen and oxygen atoms in total. The number of rotatable bonds is 3. The summed E-state index contributed by atoms with van der Waals surface area (Å²) in [6, 6.07) is 10.1. The lowest BCUT2D eigenvalue weighted by Crippen LogP contribution is -2.23. The van der Waals surface area contributed by atoms with E-state index in [0.29, 0.717) is 0 Å². The summed E-state index contributed by atoms with van der Waals surface area (Å²) in [6.07, 6.45) is 3.94. The standard InChI is InChI=1S/C15H12N5S2/c1-19-7-9-22-15(19)18-17-13-12(11-5-3-2-4-6-11)16-14-20(13)8-10-21-14/h2-10H,1H3/q+1. The van der Waals surface area contributed by atoms with Crippen LogP contribution in [-0.2, 0) is 7.05 Å². The van der Waals surface area contributed by atoms with Gasteiger partial charge in [-0.2, -0.15) is 0 Å². The zero-order valence-electron chi connectivity index (χ0n) is 11.7. The topological polar surface area (TPSA) is 45.9 Å². The summed E-state index contributed by atoms with van der Waals surface area (Å²) in [5.41, 5.74) is 1.90. The Labute approximate surface area is 134 Å². The van der Waals surface area contributed by atoms with Crippen LogP contribution < -0.4 is 4.57 Å². The first-order valence-corrected chi connectivity index (χ1v) is 8.45. The summed E-state index contributed by atoms with van der Waals surface area (Å²) in [7, 11) is 1.96. The van der Waals surface area contributed by atoms with Crippen LogP contribution in [-0.4, -0.2) is 9.38 Å². The average Bonchev–Trinajstić information content (AvgIpc) is 3.22. The minimum Gasteiger partial charge on any atom is -0.271 e. The molecule has 7 heteroatoms. The maximum atomic E-state index is 4.69. The summed E-state index contributed by atoms with van der Waals surface area (Å²) in [4.78, 5) is 5.61. The molecule has 0 saturated carbocycles. The first-order valence-electron chi connectivity index (χ1n) is 6.69. The second-order valence-electron chi connectivity index (χ2n) is 4.70. The molecule has 0 spiro atoms. The van der Waals surface area contributed by atoms with Crippen molar-refractivity contribution in [3.05, 3.63) is 53.5 Å². The highest BCUT2D eigenvalue weighted by Crippen LogP contribution is 2.33. The lowest BCUT2D eigenvalue weighted by Gasteiger charge is -1.96. The van der Waals surface area contributed by atoms with E-state index in [0.717, 1.165) is 27.2 Å². The molecule has 0 aliphatic carbocycles. The Morgan fingerprint density at radius 1 is 1.09 bits per heavy atom. The summed E-state index contributed by atoms with van der Waals surface area (Å²) < 4.78 is 3.92. The molecule has 0 aliphatic heterocycles. The molecular weight excluding hydrogens is 314 g/mol. The molecule has 0 amide bonds. The lowest BCUT2D eigenvalue weighted by atomic mass is 10.1. The van der Waals surface area contributed by atoms with Crippen LogP contribution >= 0.6 is 22.7 Å². The van der Waals surface area contributed by atoms with Gasteiger partial charge >= 0.3 is 5.13 Å². The van der Waals surface area contributed by atoms with Gasteiger partial charge in [-0.25, -0.2) is 9.55 Å². The van der Waals surface area contributed by atoms with E-state index in [9.17, 15) is 0 Å². The molecule has 0 aliphatic rings. The van der Waals surface area contributed by atoms with Crippen LogP contribution in [0.2, 0.25) is 0 Å². The number of fused-ring (bicyclic) bond motifs is 1. The summed E-state index contributed by atoms with van der Waals surface area (Å²) in [5, 5.41) is 13.7. The van der Waals surface area contributed by atoms with Crippen LogP contribution in [0, 0.1) is 0 Å². The molecule has 4 aromatic rings. The van der Waals surface area contributed by atoms with E-state index in [1.165, 1.54) is 0 Å². The summed E-state index contributed by atoms with van der Waals surface area (Å²) in [5.74, 6) is 0.760. The van der Waals surface area contributed by atoms with E-state index < -0.39 is 0 Å². The number of hydrogen-bond acceptors (Lipinski definition) is 5. The Bertz CT molecular complexity index is 949. The molecule has 0 atom stereocenters. The van der Waals surface area contributed by atoms with Crippen molar-refractivity contribution < 1.29 is 4.57 Å². The van der Waals surface area contributed by atoms with E-state index in [1.54, 1.807) is 22.7 Å². The van der Waals surface area contributed by atoms with Gasteiger partial charge in [0.05, 0.1) is 12.2 Å². The zero-order chi connectivity index (χ0) is 14.9. The van der Waals surface area contributed by atoms with Gasteiger partial charge in [-0.1, -0.05) is 30.3 Å². The Kier molecular flexibility index (Phi) is 3.28. The van der Waals surface area contributed by atoms with Gasteiger partial charge in [0.2, 0.25) is 5.82 Å². The van der Waals surface area contributed by atoms with Crippen molar-refractivity contribution in [1.29, 1.82) is 0 Å².